The minimum Gasteiger partial charge on any atom is -0.325 e. The number of hydrogen-bond donors (Lipinski definition) is 1. The molecule has 4 heterocycles. The number of fused-ring (bicyclic) bond motifs is 2. The third kappa shape index (κ3) is 2.27. The Morgan fingerprint density at radius 3 is 2.79 bits per heavy atom. The van der Waals surface area contributed by atoms with Crippen molar-refractivity contribution in [3.8, 4) is 0 Å². The summed E-state index contributed by atoms with van der Waals surface area (Å²) in [5.41, 5.74) is 1.34. The van der Waals surface area contributed by atoms with Gasteiger partial charge in [-0.3, -0.25) is 9.48 Å². The normalized spacial score (nSPS) is 24.6. The quantitative estimate of drug-likeness (QED) is 0.714. The Morgan fingerprint density at radius 1 is 1.25 bits per heavy atom. The summed E-state index contributed by atoms with van der Waals surface area (Å²) in [7, 11) is -1.95. The molecule has 28 heavy (non-hydrogen) atoms. The molecule has 1 aromatic carbocycles. The number of rotatable bonds is 3. The zero-order chi connectivity index (χ0) is 19.5. The number of nitrogens with one attached hydrogen (secondary N) is 1. The number of sulfonamides is 1. The summed E-state index contributed by atoms with van der Waals surface area (Å²) in [5.74, 6) is -0.161. The summed E-state index contributed by atoms with van der Waals surface area (Å²) in [6.07, 6.45) is 3.87. The van der Waals surface area contributed by atoms with Crippen LogP contribution in [0.2, 0.25) is 0 Å². The number of carbonyl (C=O) groups excluding carboxylic acids is 1. The maximum absolute atomic E-state index is 13.4. The number of carbonyl (C=O) groups is 1. The van der Waals surface area contributed by atoms with Crippen molar-refractivity contribution < 1.29 is 13.2 Å². The molecule has 7 nitrogen and oxygen atoms in total. The van der Waals surface area contributed by atoms with Crippen LogP contribution in [0.15, 0.2) is 58.4 Å². The minimum absolute atomic E-state index is 0.161. The third-order valence-electron chi connectivity index (χ3n) is 5.64. The van der Waals surface area contributed by atoms with E-state index in [1.165, 1.54) is 15.6 Å². The molecule has 0 aliphatic carbocycles. The van der Waals surface area contributed by atoms with Gasteiger partial charge < -0.3 is 5.32 Å². The molecule has 1 fully saturated rings. The van der Waals surface area contributed by atoms with Gasteiger partial charge in [0.2, 0.25) is 5.91 Å². The van der Waals surface area contributed by atoms with E-state index < -0.39 is 21.5 Å². The smallest absolute Gasteiger partial charge is 0.253 e. The number of nitrogens with zero attached hydrogens (tertiary/aromatic N) is 3. The molecular formula is C19H18N4O3S2. The van der Waals surface area contributed by atoms with Crippen LogP contribution in [0, 0.1) is 0 Å². The first-order chi connectivity index (χ1) is 13.4. The van der Waals surface area contributed by atoms with Gasteiger partial charge in [0.25, 0.3) is 10.0 Å². The van der Waals surface area contributed by atoms with E-state index in [1.54, 1.807) is 41.6 Å². The number of aromatic nitrogens is 2. The molecule has 144 valence electrons. The average molecular weight is 415 g/mol. The maximum Gasteiger partial charge on any atom is 0.253 e. The van der Waals surface area contributed by atoms with E-state index in [4.69, 9.17) is 0 Å². The van der Waals surface area contributed by atoms with Gasteiger partial charge in [-0.15, -0.1) is 11.3 Å². The number of aryl methyl sites for hydroxylation is 1. The predicted octanol–water partition coefficient (Wildman–Crippen LogP) is 2.51. The topological polar surface area (TPSA) is 84.3 Å². The minimum atomic E-state index is -3.74. The second kappa shape index (κ2) is 6.00. The molecule has 2 aromatic heterocycles. The van der Waals surface area contributed by atoms with Gasteiger partial charge in [-0.1, -0.05) is 24.3 Å². The molecule has 2 aliphatic rings. The molecule has 0 bridgehead atoms. The van der Waals surface area contributed by atoms with E-state index in [2.05, 4.69) is 10.4 Å². The molecule has 2 aliphatic heterocycles. The average Bonchev–Trinajstić information content (AvgIpc) is 3.44. The molecule has 1 saturated heterocycles. The van der Waals surface area contributed by atoms with Crippen molar-refractivity contribution >= 4 is 33.0 Å². The van der Waals surface area contributed by atoms with Gasteiger partial charge in [0.15, 0.2) is 0 Å². The molecule has 0 unspecified atom stereocenters. The molecule has 1 spiro atoms. The van der Waals surface area contributed by atoms with Crippen molar-refractivity contribution in [2.75, 3.05) is 11.9 Å². The van der Waals surface area contributed by atoms with Crippen molar-refractivity contribution in [3.05, 3.63) is 65.3 Å². The molecule has 9 heteroatoms. The van der Waals surface area contributed by atoms with Crippen LogP contribution in [0.1, 0.15) is 23.6 Å². The van der Waals surface area contributed by atoms with Gasteiger partial charge in [-0.05, 0) is 29.5 Å². The summed E-state index contributed by atoms with van der Waals surface area (Å²) < 4.78 is 30.2. The first-order valence-corrected chi connectivity index (χ1v) is 11.2. The van der Waals surface area contributed by atoms with Crippen LogP contribution in [0.25, 0.3) is 0 Å². The lowest BCUT2D eigenvalue weighted by Crippen LogP contribution is -2.42. The Balaban J connectivity index is 1.73. The van der Waals surface area contributed by atoms with Gasteiger partial charge in [-0.25, -0.2) is 8.42 Å². The molecule has 3 aromatic rings. The Hall–Kier alpha value is -2.49. The highest BCUT2D eigenvalue weighted by molar-refractivity contribution is 7.91. The summed E-state index contributed by atoms with van der Waals surface area (Å²) >= 11 is 1.19. The molecule has 0 saturated carbocycles. The van der Waals surface area contributed by atoms with E-state index in [9.17, 15) is 13.2 Å². The standard InChI is InChI=1S/C19H18N4O3S2/c1-22-12-13(11-20-22)17-19(14-5-2-3-6-15(14)21-18(19)24)8-9-23(17)28(25,26)16-7-4-10-27-16/h2-7,10-12,17H,8-9H2,1H3,(H,21,24)/t17-,19+/m0/s1. The first-order valence-electron chi connectivity index (χ1n) is 8.89. The second-order valence-electron chi connectivity index (χ2n) is 7.12. The van der Waals surface area contributed by atoms with Crippen LogP contribution in [0.5, 0.6) is 0 Å². The first kappa shape index (κ1) is 17.6. The van der Waals surface area contributed by atoms with Gasteiger partial charge in [0, 0.05) is 31.0 Å². The lowest BCUT2D eigenvalue weighted by Gasteiger charge is -2.32. The van der Waals surface area contributed by atoms with E-state index in [0.717, 1.165) is 11.3 Å². The summed E-state index contributed by atoms with van der Waals surface area (Å²) in [5, 5.41) is 8.95. The Kier molecular flexibility index (Phi) is 3.77. The number of hydrogen-bond acceptors (Lipinski definition) is 5. The molecule has 5 rings (SSSR count). The number of anilines is 1. The van der Waals surface area contributed by atoms with Crippen molar-refractivity contribution in [1.29, 1.82) is 0 Å². The van der Waals surface area contributed by atoms with E-state index in [-0.39, 0.29) is 16.7 Å². The van der Waals surface area contributed by atoms with Gasteiger partial charge in [-0.2, -0.15) is 9.40 Å². The lowest BCUT2D eigenvalue weighted by molar-refractivity contribution is -0.121. The van der Waals surface area contributed by atoms with Crippen LogP contribution in [0.4, 0.5) is 5.69 Å². The van der Waals surface area contributed by atoms with Crippen LogP contribution in [0.3, 0.4) is 0 Å². The number of thiophene rings is 1. The highest BCUT2D eigenvalue weighted by atomic mass is 32.2. The van der Waals surface area contributed by atoms with E-state index in [1.807, 2.05) is 24.3 Å². The fourth-order valence-corrected chi connectivity index (χ4v) is 7.25. The largest absolute Gasteiger partial charge is 0.325 e. The zero-order valence-corrected chi connectivity index (χ0v) is 16.7. The van der Waals surface area contributed by atoms with Crippen LogP contribution in [-0.4, -0.2) is 35.0 Å². The molecule has 1 amide bonds. The van der Waals surface area contributed by atoms with Crippen LogP contribution >= 0.6 is 11.3 Å². The van der Waals surface area contributed by atoms with Crippen molar-refractivity contribution in [1.82, 2.24) is 14.1 Å². The highest BCUT2D eigenvalue weighted by Gasteiger charge is 2.61. The summed E-state index contributed by atoms with van der Waals surface area (Å²) in [4.78, 5) is 13.2. The second-order valence-corrected chi connectivity index (χ2v) is 10.2. The van der Waals surface area contributed by atoms with Crippen molar-refractivity contribution in [2.45, 2.75) is 22.1 Å². The van der Waals surface area contributed by atoms with Crippen LogP contribution in [-0.2, 0) is 27.3 Å². The van der Waals surface area contributed by atoms with Crippen molar-refractivity contribution in [3.63, 3.8) is 0 Å². The number of benzene rings is 1. The van der Waals surface area contributed by atoms with Gasteiger partial charge in [0.05, 0.1) is 17.7 Å². The Labute approximate surface area is 166 Å². The fraction of sp³-hybridized carbons (Fsp3) is 0.263. The molecule has 1 N–H and O–H groups in total. The van der Waals surface area contributed by atoms with E-state index in [0.29, 0.717) is 12.0 Å². The number of para-hydroxylation sites is 1. The Bertz CT molecular complexity index is 1170. The monoisotopic (exact) mass is 414 g/mol. The summed E-state index contributed by atoms with van der Waals surface area (Å²) in [6, 6.07) is 10.2. The van der Waals surface area contributed by atoms with Crippen LogP contribution < -0.4 is 5.32 Å². The predicted molar refractivity (Wildman–Crippen MR) is 106 cm³/mol. The Morgan fingerprint density at radius 2 is 2.07 bits per heavy atom. The number of amides is 1. The van der Waals surface area contributed by atoms with E-state index >= 15 is 0 Å². The lowest BCUT2D eigenvalue weighted by atomic mass is 9.73. The molecule has 0 radical (unpaired) electrons. The fourth-order valence-electron chi connectivity index (χ4n) is 4.47. The zero-order valence-electron chi connectivity index (χ0n) is 15.1. The molecule has 2 atom stereocenters. The van der Waals surface area contributed by atoms with Gasteiger partial charge >= 0.3 is 0 Å². The molecular weight excluding hydrogens is 396 g/mol. The maximum atomic E-state index is 13.4. The SMILES string of the molecule is Cn1cc([C@@H]2N(S(=O)(=O)c3cccs3)CC[C@]23C(=O)Nc2ccccc23)cn1. The summed E-state index contributed by atoms with van der Waals surface area (Å²) in [6.45, 7) is 0.265. The van der Waals surface area contributed by atoms with Crippen molar-refractivity contribution in [2.24, 2.45) is 7.05 Å². The van der Waals surface area contributed by atoms with Gasteiger partial charge in [0.1, 0.15) is 4.21 Å². The highest BCUT2D eigenvalue weighted by Crippen LogP contribution is 2.56. The third-order valence-corrected chi connectivity index (χ3v) is 8.88.